The summed E-state index contributed by atoms with van der Waals surface area (Å²) in [4.78, 5) is 2.57. The molecule has 0 N–H and O–H groups in total. The van der Waals surface area contributed by atoms with Crippen molar-refractivity contribution >= 4 is 0 Å². The normalized spacial score (nSPS) is 35.3. The summed E-state index contributed by atoms with van der Waals surface area (Å²) >= 11 is 0. The third-order valence-electron chi connectivity index (χ3n) is 3.43. The van der Waals surface area contributed by atoms with Crippen molar-refractivity contribution in [2.45, 2.75) is 20.3 Å². The van der Waals surface area contributed by atoms with Crippen molar-refractivity contribution in [3.8, 4) is 0 Å². The summed E-state index contributed by atoms with van der Waals surface area (Å²) in [5.41, 5.74) is 0. The average Bonchev–Trinajstić information content (AvgIpc) is 2.86. The molecule has 1 aliphatic carbocycles. The Morgan fingerprint density at radius 3 is 2.54 bits per heavy atom. The van der Waals surface area contributed by atoms with E-state index in [0.717, 1.165) is 44.1 Å². The van der Waals surface area contributed by atoms with Crippen molar-refractivity contribution in [1.29, 1.82) is 0 Å². The lowest BCUT2D eigenvalue weighted by Gasteiger charge is -2.26. The van der Waals surface area contributed by atoms with Crippen molar-refractivity contribution in [2.24, 2.45) is 17.8 Å². The molecule has 0 amide bonds. The van der Waals surface area contributed by atoms with Crippen LogP contribution in [0, 0.1) is 17.8 Å². The second kappa shape index (κ2) is 3.97. The van der Waals surface area contributed by atoms with E-state index in [0.29, 0.717) is 0 Å². The van der Waals surface area contributed by atoms with Crippen LogP contribution in [-0.2, 0) is 4.74 Å². The molecular formula is C11H21NO. The molecule has 0 bridgehead atoms. The van der Waals surface area contributed by atoms with Crippen molar-refractivity contribution in [3.63, 3.8) is 0 Å². The third kappa shape index (κ3) is 2.44. The van der Waals surface area contributed by atoms with Gasteiger partial charge in [0.1, 0.15) is 0 Å². The molecule has 2 unspecified atom stereocenters. The van der Waals surface area contributed by atoms with Crippen molar-refractivity contribution in [2.75, 3.05) is 32.8 Å². The van der Waals surface area contributed by atoms with Gasteiger partial charge >= 0.3 is 0 Å². The molecule has 0 radical (unpaired) electrons. The van der Waals surface area contributed by atoms with E-state index in [2.05, 4.69) is 18.7 Å². The van der Waals surface area contributed by atoms with Gasteiger partial charge in [-0.25, -0.2) is 0 Å². The van der Waals surface area contributed by atoms with E-state index >= 15 is 0 Å². The van der Waals surface area contributed by atoms with Crippen LogP contribution in [0.5, 0.6) is 0 Å². The Bertz CT molecular complexity index is 163. The van der Waals surface area contributed by atoms with Gasteiger partial charge < -0.3 is 4.74 Å². The number of rotatable bonds is 3. The minimum Gasteiger partial charge on any atom is -0.379 e. The van der Waals surface area contributed by atoms with E-state index in [4.69, 9.17) is 4.74 Å². The standard InChI is InChI=1S/C11H21NO/c1-9(2)11-7-10(11)8-12-3-5-13-6-4-12/h9-11H,3-8H2,1-2H3. The van der Waals surface area contributed by atoms with E-state index in [1.165, 1.54) is 13.0 Å². The van der Waals surface area contributed by atoms with Crippen molar-refractivity contribution < 1.29 is 4.74 Å². The quantitative estimate of drug-likeness (QED) is 0.659. The van der Waals surface area contributed by atoms with Gasteiger partial charge in [0.15, 0.2) is 0 Å². The molecule has 0 aromatic rings. The molecule has 2 nitrogen and oxygen atoms in total. The highest BCUT2D eigenvalue weighted by Crippen LogP contribution is 2.44. The molecule has 2 atom stereocenters. The molecule has 2 heteroatoms. The lowest BCUT2D eigenvalue weighted by atomic mass is 10.1. The number of nitrogens with zero attached hydrogens (tertiary/aromatic N) is 1. The van der Waals surface area contributed by atoms with E-state index in [1.807, 2.05) is 0 Å². The zero-order valence-electron chi connectivity index (χ0n) is 8.83. The third-order valence-corrected chi connectivity index (χ3v) is 3.43. The second-order valence-electron chi connectivity index (χ2n) is 4.82. The average molecular weight is 183 g/mol. The molecule has 1 heterocycles. The summed E-state index contributed by atoms with van der Waals surface area (Å²) in [7, 11) is 0. The number of ether oxygens (including phenoxy) is 1. The van der Waals surface area contributed by atoms with Crippen LogP contribution in [0.4, 0.5) is 0 Å². The zero-order valence-corrected chi connectivity index (χ0v) is 8.83. The maximum atomic E-state index is 5.33. The lowest BCUT2D eigenvalue weighted by molar-refractivity contribution is 0.0348. The second-order valence-corrected chi connectivity index (χ2v) is 4.82. The number of hydrogen-bond donors (Lipinski definition) is 0. The fraction of sp³-hybridized carbons (Fsp3) is 1.00. The van der Waals surface area contributed by atoms with Gasteiger partial charge in [-0.3, -0.25) is 4.90 Å². The fourth-order valence-corrected chi connectivity index (χ4v) is 2.41. The van der Waals surface area contributed by atoms with Gasteiger partial charge in [0, 0.05) is 19.6 Å². The molecule has 0 aromatic carbocycles. The SMILES string of the molecule is CC(C)C1CC1CN1CCOCC1. The van der Waals surface area contributed by atoms with Crippen LogP contribution in [0.2, 0.25) is 0 Å². The van der Waals surface area contributed by atoms with Gasteiger partial charge in [-0.1, -0.05) is 13.8 Å². The monoisotopic (exact) mass is 183 g/mol. The van der Waals surface area contributed by atoms with Gasteiger partial charge in [0.2, 0.25) is 0 Å². The maximum absolute atomic E-state index is 5.33. The first-order valence-corrected chi connectivity index (χ1v) is 5.57. The molecule has 2 fully saturated rings. The van der Waals surface area contributed by atoms with Crippen LogP contribution < -0.4 is 0 Å². The summed E-state index contributed by atoms with van der Waals surface area (Å²) in [5.74, 6) is 2.91. The van der Waals surface area contributed by atoms with E-state index in [-0.39, 0.29) is 0 Å². The Labute approximate surface area is 81.3 Å². The predicted octanol–water partition coefficient (Wildman–Crippen LogP) is 1.61. The molecule has 0 spiro atoms. The van der Waals surface area contributed by atoms with Gasteiger partial charge in [-0.15, -0.1) is 0 Å². The minimum atomic E-state index is 0.894. The van der Waals surface area contributed by atoms with Crippen LogP contribution in [0.25, 0.3) is 0 Å². The molecular weight excluding hydrogens is 162 g/mol. The van der Waals surface area contributed by atoms with Crippen molar-refractivity contribution in [3.05, 3.63) is 0 Å². The van der Waals surface area contributed by atoms with E-state index in [1.54, 1.807) is 0 Å². The molecule has 1 saturated heterocycles. The molecule has 1 saturated carbocycles. The molecule has 0 aromatic heterocycles. The largest absolute Gasteiger partial charge is 0.379 e. The van der Waals surface area contributed by atoms with Gasteiger partial charge in [0.05, 0.1) is 13.2 Å². The van der Waals surface area contributed by atoms with Crippen LogP contribution in [0.15, 0.2) is 0 Å². The smallest absolute Gasteiger partial charge is 0.0594 e. The molecule has 1 aliphatic heterocycles. The van der Waals surface area contributed by atoms with Crippen LogP contribution in [-0.4, -0.2) is 37.7 Å². The maximum Gasteiger partial charge on any atom is 0.0594 e. The molecule has 2 aliphatic rings. The first kappa shape index (κ1) is 9.47. The topological polar surface area (TPSA) is 12.5 Å². The van der Waals surface area contributed by atoms with Gasteiger partial charge in [0.25, 0.3) is 0 Å². The first-order valence-electron chi connectivity index (χ1n) is 5.57. The highest BCUT2D eigenvalue weighted by Gasteiger charge is 2.39. The Kier molecular flexibility index (Phi) is 2.89. The lowest BCUT2D eigenvalue weighted by Crippen LogP contribution is -2.37. The molecule has 76 valence electrons. The molecule has 13 heavy (non-hydrogen) atoms. The summed E-state index contributed by atoms with van der Waals surface area (Å²) in [5, 5.41) is 0. The Morgan fingerprint density at radius 2 is 2.00 bits per heavy atom. The highest BCUT2D eigenvalue weighted by molar-refractivity contribution is 4.90. The van der Waals surface area contributed by atoms with Crippen molar-refractivity contribution in [1.82, 2.24) is 4.90 Å². The molecule has 2 rings (SSSR count). The predicted molar refractivity (Wildman–Crippen MR) is 53.7 cm³/mol. The summed E-state index contributed by atoms with van der Waals surface area (Å²) in [6.07, 6.45) is 1.47. The Hall–Kier alpha value is -0.0800. The summed E-state index contributed by atoms with van der Waals surface area (Å²) < 4.78 is 5.33. The van der Waals surface area contributed by atoms with E-state index < -0.39 is 0 Å². The zero-order chi connectivity index (χ0) is 9.26. The van der Waals surface area contributed by atoms with Gasteiger partial charge in [-0.05, 0) is 24.2 Å². The Morgan fingerprint density at radius 1 is 1.31 bits per heavy atom. The van der Waals surface area contributed by atoms with E-state index in [9.17, 15) is 0 Å². The van der Waals surface area contributed by atoms with Crippen LogP contribution in [0.1, 0.15) is 20.3 Å². The highest BCUT2D eigenvalue weighted by atomic mass is 16.5. The fourth-order valence-electron chi connectivity index (χ4n) is 2.41. The summed E-state index contributed by atoms with van der Waals surface area (Å²) in [6, 6.07) is 0. The van der Waals surface area contributed by atoms with Gasteiger partial charge in [-0.2, -0.15) is 0 Å². The van der Waals surface area contributed by atoms with Crippen LogP contribution >= 0.6 is 0 Å². The first-order chi connectivity index (χ1) is 6.27. The number of morpholine rings is 1. The minimum absolute atomic E-state index is 0.894. The number of hydrogen-bond acceptors (Lipinski definition) is 2. The Balaban J connectivity index is 1.68. The van der Waals surface area contributed by atoms with Crippen LogP contribution in [0.3, 0.4) is 0 Å². The summed E-state index contributed by atoms with van der Waals surface area (Å²) in [6.45, 7) is 10.2.